The van der Waals surface area contributed by atoms with Crippen LogP contribution in [0.4, 0.5) is 0 Å². The van der Waals surface area contributed by atoms with Gasteiger partial charge in [0.05, 0.1) is 4.90 Å². The number of rotatable bonds is 3. The molecule has 0 spiro atoms. The normalized spacial score (nSPS) is 16.9. The van der Waals surface area contributed by atoms with Gasteiger partial charge in [0, 0.05) is 35.5 Å². The number of halogens is 3. The molecule has 1 aliphatic rings. The number of aromatic nitrogens is 1. The van der Waals surface area contributed by atoms with E-state index in [0.717, 1.165) is 17.1 Å². The number of nitrogens with zero attached hydrogens (tertiary/aromatic N) is 1. The molecule has 152 valence electrons. The van der Waals surface area contributed by atoms with Crippen LogP contribution in [0.3, 0.4) is 0 Å². The Balaban J connectivity index is 2.24. The van der Waals surface area contributed by atoms with Gasteiger partial charge in [-0.2, -0.15) is 0 Å². The maximum absolute atomic E-state index is 13.0. The van der Waals surface area contributed by atoms with Gasteiger partial charge in [0.1, 0.15) is 0 Å². The third-order valence-electron chi connectivity index (χ3n) is 5.00. The van der Waals surface area contributed by atoms with Crippen molar-refractivity contribution in [3.8, 4) is 5.69 Å². The molecule has 0 fully saturated rings. The second-order valence-corrected chi connectivity index (χ2v) is 12.1. The van der Waals surface area contributed by atoms with E-state index in [9.17, 15) is 13.2 Å². The maximum Gasteiger partial charge on any atom is 0.238 e. The minimum absolute atomic E-state index is 0.0212. The van der Waals surface area contributed by atoms with Crippen molar-refractivity contribution in [3.63, 3.8) is 0 Å². The molecular formula is C19H21Cl3N2O3S. The molecule has 1 aliphatic carbocycles. The lowest BCUT2D eigenvalue weighted by atomic mass is 9.75. The summed E-state index contributed by atoms with van der Waals surface area (Å²) in [5.41, 5.74) is 3.49. The summed E-state index contributed by atoms with van der Waals surface area (Å²) in [6, 6.07) is 6.22. The van der Waals surface area contributed by atoms with Gasteiger partial charge in [-0.15, -0.1) is 0 Å². The Morgan fingerprint density at radius 3 is 2.21 bits per heavy atom. The van der Waals surface area contributed by atoms with Gasteiger partial charge in [-0.25, -0.2) is 13.6 Å². The second kappa shape index (κ2) is 7.03. The number of carbonyl (C=O) groups is 1. The molecule has 1 aromatic heterocycles. The molecule has 3 rings (SSSR count). The Labute approximate surface area is 179 Å². The molecule has 0 saturated heterocycles. The number of fused-ring (bicyclic) bond motifs is 1. The third kappa shape index (κ3) is 4.26. The Morgan fingerprint density at radius 2 is 1.71 bits per heavy atom. The molecular weight excluding hydrogens is 443 g/mol. The van der Waals surface area contributed by atoms with E-state index in [1.54, 1.807) is 12.1 Å². The zero-order chi connectivity index (χ0) is 21.1. The van der Waals surface area contributed by atoms with Gasteiger partial charge in [0.2, 0.25) is 10.0 Å². The molecule has 28 heavy (non-hydrogen) atoms. The van der Waals surface area contributed by atoms with Crippen molar-refractivity contribution >= 4 is 50.6 Å². The summed E-state index contributed by atoms with van der Waals surface area (Å²) in [6.07, 6.45) is 1.20. The molecule has 1 heterocycles. The number of hydrogen-bond acceptors (Lipinski definition) is 3. The SMILES string of the molecule is Cc1c(CC(Cl)(Cl)Cl)c2c(n1-c1ccc(S(N)(=O)=O)cc1)CC(C)(C)CC2=O. The van der Waals surface area contributed by atoms with Crippen LogP contribution in [0, 0.1) is 12.3 Å². The number of ketones is 1. The average molecular weight is 464 g/mol. The van der Waals surface area contributed by atoms with Crippen LogP contribution in [0.15, 0.2) is 29.2 Å². The summed E-state index contributed by atoms with van der Waals surface area (Å²) < 4.78 is 23.5. The lowest BCUT2D eigenvalue weighted by molar-refractivity contribution is 0.0910. The van der Waals surface area contributed by atoms with Gasteiger partial charge < -0.3 is 4.57 Å². The van der Waals surface area contributed by atoms with Crippen LogP contribution >= 0.6 is 34.8 Å². The second-order valence-electron chi connectivity index (χ2n) is 7.99. The van der Waals surface area contributed by atoms with Crippen LogP contribution in [0.5, 0.6) is 0 Å². The molecule has 0 amide bonds. The molecule has 9 heteroatoms. The molecule has 0 saturated carbocycles. The molecule has 0 radical (unpaired) electrons. The van der Waals surface area contributed by atoms with Crippen molar-refractivity contribution in [1.82, 2.24) is 4.57 Å². The fourth-order valence-corrected chi connectivity index (χ4v) is 4.81. The van der Waals surface area contributed by atoms with E-state index in [1.807, 2.05) is 25.3 Å². The Hall–Kier alpha value is -1.05. The minimum atomic E-state index is -3.79. The van der Waals surface area contributed by atoms with E-state index in [4.69, 9.17) is 39.9 Å². The van der Waals surface area contributed by atoms with E-state index in [-0.39, 0.29) is 22.5 Å². The van der Waals surface area contributed by atoms with Gasteiger partial charge >= 0.3 is 0 Å². The first-order valence-electron chi connectivity index (χ1n) is 8.66. The smallest absolute Gasteiger partial charge is 0.238 e. The quantitative estimate of drug-likeness (QED) is 0.680. The highest BCUT2D eigenvalue weighted by molar-refractivity contribution is 7.89. The number of benzene rings is 1. The third-order valence-corrected chi connectivity index (χ3v) is 6.33. The highest BCUT2D eigenvalue weighted by Gasteiger charge is 2.38. The van der Waals surface area contributed by atoms with Crippen molar-refractivity contribution in [2.45, 2.75) is 48.7 Å². The highest BCUT2D eigenvalue weighted by atomic mass is 35.6. The largest absolute Gasteiger partial charge is 0.317 e. The summed E-state index contributed by atoms with van der Waals surface area (Å²) in [5, 5.41) is 5.19. The summed E-state index contributed by atoms with van der Waals surface area (Å²) >= 11 is 18.1. The van der Waals surface area contributed by atoms with E-state index >= 15 is 0 Å². The van der Waals surface area contributed by atoms with Gasteiger partial charge in [-0.3, -0.25) is 4.79 Å². The standard InChI is InChI=1S/C19H21Cl3N2O3S/c1-11-14(8-19(20,21)22)17-15(9-18(2,3)10-16(17)25)24(11)12-4-6-13(7-5-12)28(23,26)27/h4-7H,8-10H2,1-3H3,(H2,23,26,27). The molecule has 5 nitrogen and oxygen atoms in total. The lowest BCUT2D eigenvalue weighted by Crippen LogP contribution is -2.28. The number of carbonyl (C=O) groups excluding carboxylic acids is 1. The Bertz CT molecular complexity index is 1050. The first kappa shape index (κ1) is 21.7. The van der Waals surface area contributed by atoms with Crippen LogP contribution in [0.2, 0.25) is 0 Å². The molecule has 2 aromatic rings. The van der Waals surface area contributed by atoms with Crippen molar-refractivity contribution in [2.75, 3.05) is 0 Å². The Kier molecular flexibility index (Phi) is 5.43. The van der Waals surface area contributed by atoms with Gasteiger partial charge in [0.15, 0.2) is 9.58 Å². The summed E-state index contributed by atoms with van der Waals surface area (Å²) in [7, 11) is -3.79. The van der Waals surface area contributed by atoms with Crippen LogP contribution in [-0.2, 0) is 22.9 Å². The minimum Gasteiger partial charge on any atom is -0.317 e. The van der Waals surface area contributed by atoms with Gasteiger partial charge in [-0.05, 0) is 48.6 Å². The first-order valence-corrected chi connectivity index (χ1v) is 11.3. The topological polar surface area (TPSA) is 82.2 Å². The lowest BCUT2D eigenvalue weighted by Gasteiger charge is -2.30. The van der Waals surface area contributed by atoms with Gasteiger partial charge in [0.25, 0.3) is 0 Å². The van der Waals surface area contributed by atoms with Crippen LogP contribution in [0.25, 0.3) is 5.69 Å². The number of sulfonamides is 1. The number of hydrogen-bond donors (Lipinski definition) is 1. The number of primary sulfonamides is 1. The predicted octanol–water partition coefficient (Wildman–Crippen LogP) is 4.50. The zero-order valence-corrected chi connectivity index (χ0v) is 18.8. The fraction of sp³-hybridized carbons (Fsp3) is 0.421. The number of alkyl halides is 3. The van der Waals surface area contributed by atoms with E-state index in [2.05, 4.69) is 0 Å². The number of nitrogens with two attached hydrogens (primary N) is 1. The zero-order valence-electron chi connectivity index (χ0n) is 15.7. The molecule has 0 atom stereocenters. The van der Waals surface area contributed by atoms with Crippen molar-refractivity contribution in [3.05, 3.63) is 46.8 Å². The average Bonchev–Trinajstić information content (AvgIpc) is 2.76. The van der Waals surface area contributed by atoms with Crippen molar-refractivity contribution < 1.29 is 13.2 Å². The van der Waals surface area contributed by atoms with Crippen LogP contribution < -0.4 is 5.14 Å². The number of Topliss-reactive ketones (excluding diaryl/α,β-unsaturated/α-hetero) is 1. The first-order chi connectivity index (χ1) is 12.7. The summed E-state index contributed by atoms with van der Waals surface area (Å²) in [5.74, 6) is 0.0264. The van der Waals surface area contributed by atoms with Crippen molar-refractivity contribution in [2.24, 2.45) is 10.6 Å². The van der Waals surface area contributed by atoms with Crippen molar-refractivity contribution in [1.29, 1.82) is 0 Å². The van der Waals surface area contributed by atoms with E-state index in [0.29, 0.717) is 24.0 Å². The summed E-state index contributed by atoms with van der Waals surface area (Å²) in [6.45, 7) is 5.95. The molecule has 0 bridgehead atoms. The summed E-state index contributed by atoms with van der Waals surface area (Å²) in [4.78, 5) is 13.0. The molecule has 2 N–H and O–H groups in total. The monoisotopic (exact) mass is 462 g/mol. The molecule has 0 aliphatic heterocycles. The fourth-order valence-electron chi connectivity index (χ4n) is 3.89. The van der Waals surface area contributed by atoms with Crippen LogP contribution in [-0.4, -0.2) is 22.6 Å². The van der Waals surface area contributed by atoms with Gasteiger partial charge in [-0.1, -0.05) is 48.7 Å². The Morgan fingerprint density at radius 1 is 1.14 bits per heavy atom. The van der Waals surface area contributed by atoms with Crippen LogP contribution in [0.1, 0.15) is 47.6 Å². The maximum atomic E-state index is 13.0. The molecule has 1 aromatic carbocycles. The highest BCUT2D eigenvalue weighted by Crippen LogP contribution is 2.42. The van der Waals surface area contributed by atoms with E-state index < -0.39 is 13.8 Å². The predicted molar refractivity (Wildman–Crippen MR) is 112 cm³/mol. The molecule has 0 unspecified atom stereocenters. The van der Waals surface area contributed by atoms with E-state index in [1.165, 1.54) is 12.1 Å².